The third-order valence-corrected chi connectivity index (χ3v) is 2.76. The van der Waals surface area contributed by atoms with Gasteiger partial charge in [-0.15, -0.1) is 0 Å². The first kappa shape index (κ1) is 19.9. The van der Waals surface area contributed by atoms with Crippen LogP contribution in [0.5, 0.6) is 0 Å². The molecule has 1 rings (SSSR count). The molecule has 134 valence electrons. The fraction of sp³-hybridized carbons (Fsp3) is 0.333. The summed E-state index contributed by atoms with van der Waals surface area (Å²) in [7, 11) is 0. The van der Waals surface area contributed by atoms with Crippen molar-refractivity contribution in [2.24, 2.45) is 5.73 Å². The van der Waals surface area contributed by atoms with Crippen LogP contribution in [0.3, 0.4) is 0 Å². The molecule has 0 aliphatic carbocycles. The van der Waals surface area contributed by atoms with E-state index < -0.39 is 17.8 Å². The highest BCUT2D eigenvalue weighted by molar-refractivity contribution is 6.06. The summed E-state index contributed by atoms with van der Waals surface area (Å²) in [6.45, 7) is 3.16. The molecule has 0 bridgehead atoms. The summed E-state index contributed by atoms with van der Waals surface area (Å²) in [5, 5.41) is 2.29. The van der Waals surface area contributed by atoms with E-state index in [1.54, 1.807) is 13.8 Å². The van der Waals surface area contributed by atoms with Crippen molar-refractivity contribution in [2.75, 3.05) is 25.1 Å². The largest absolute Gasteiger partial charge is 0.462 e. The van der Waals surface area contributed by atoms with Crippen LogP contribution in [0, 0.1) is 0 Å². The van der Waals surface area contributed by atoms with Crippen LogP contribution in [-0.2, 0) is 19.1 Å². The number of nitrogens with one attached hydrogen (secondary N) is 1. The van der Waals surface area contributed by atoms with Gasteiger partial charge in [0.05, 0.1) is 13.2 Å². The van der Waals surface area contributed by atoms with Gasteiger partial charge in [0.2, 0.25) is 5.95 Å². The van der Waals surface area contributed by atoms with Crippen LogP contribution in [0.25, 0.3) is 0 Å². The number of hydrogen-bond donors (Lipinski definition) is 2. The average Bonchev–Trinajstić information content (AvgIpc) is 2.59. The van der Waals surface area contributed by atoms with Gasteiger partial charge in [-0.25, -0.2) is 19.6 Å². The van der Waals surface area contributed by atoms with Gasteiger partial charge in [0.15, 0.2) is 5.69 Å². The molecule has 10 heteroatoms. The highest BCUT2D eigenvalue weighted by Crippen LogP contribution is 2.12. The summed E-state index contributed by atoms with van der Waals surface area (Å²) < 4.78 is 9.66. The summed E-state index contributed by atoms with van der Waals surface area (Å²) in [4.78, 5) is 53.9. The van der Waals surface area contributed by atoms with Crippen LogP contribution >= 0.6 is 0 Å². The fourth-order valence-electron chi connectivity index (χ4n) is 1.66. The second kappa shape index (κ2) is 9.88. The van der Waals surface area contributed by atoms with Crippen molar-refractivity contribution in [3.8, 4) is 0 Å². The van der Waals surface area contributed by atoms with Crippen molar-refractivity contribution in [1.29, 1.82) is 0 Å². The van der Waals surface area contributed by atoms with E-state index in [0.29, 0.717) is 6.29 Å². The summed E-state index contributed by atoms with van der Waals surface area (Å²) >= 11 is 0. The first-order valence-corrected chi connectivity index (χ1v) is 7.35. The van der Waals surface area contributed by atoms with E-state index in [9.17, 15) is 19.2 Å². The Bertz CT molecular complexity index is 701. The SMILES string of the molecule is CCOC(=O)c1cnc(NC(=O)/C(=C\C=O)CN)nc1C(=O)OCC. The lowest BCUT2D eigenvalue weighted by Gasteiger charge is -2.10. The van der Waals surface area contributed by atoms with Gasteiger partial charge in [-0.05, 0) is 19.9 Å². The maximum Gasteiger partial charge on any atom is 0.358 e. The van der Waals surface area contributed by atoms with Crippen molar-refractivity contribution < 1.29 is 28.7 Å². The van der Waals surface area contributed by atoms with Crippen molar-refractivity contribution in [3.63, 3.8) is 0 Å². The van der Waals surface area contributed by atoms with Gasteiger partial charge < -0.3 is 15.2 Å². The molecule has 0 fully saturated rings. The molecule has 0 aromatic carbocycles. The van der Waals surface area contributed by atoms with Gasteiger partial charge in [-0.2, -0.15) is 0 Å². The predicted octanol–water partition coefficient (Wildman–Crippen LogP) is -0.147. The second-order valence-corrected chi connectivity index (χ2v) is 4.38. The summed E-state index contributed by atoms with van der Waals surface area (Å²) in [6.07, 6.45) is 2.45. The molecule has 1 amide bonds. The number of aldehydes is 1. The Morgan fingerprint density at radius 1 is 1.20 bits per heavy atom. The number of hydrogen-bond acceptors (Lipinski definition) is 9. The molecule has 25 heavy (non-hydrogen) atoms. The number of aromatic nitrogens is 2. The highest BCUT2D eigenvalue weighted by atomic mass is 16.5. The quantitative estimate of drug-likeness (QED) is 0.370. The number of carbonyl (C=O) groups is 4. The molecule has 0 radical (unpaired) electrons. The Morgan fingerprint density at radius 2 is 1.84 bits per heavy atom. The maximum absolute atomic E-state index is 12.0. The minimum atomic E-state index is -0.870. The molecular weight excluding hydrogens is 332 g/mol. The minimum absolute atomic E-state index is 0.00856. The number of anilines is 1. The summed E-state index contributed by atoms with van der Waals surface area (Å²) in [6, 6.07) is 0. The molecular formula is C15H18N4O6. The van der Waals surface area contributed by atoms with Crippen LogP contribution in [0.2, 0.25) is 0 Å². The monoisotopic (exact) mass is 350 g/mol. The van der Waals surface area contributed by atoms with Crippen molar-refractivity contribution >= 4 is 30.1 Å². The van der Waals surface area contributed by atoms with Crippen molar-refractivity contribution in [2.45, 2.75) is 13.8 Å². The van der Waals surface area contributed by atoms with E-state index in [2.05, 4.69) is 15.3 Å². The number of allylic oxidation sites excluding steroid dienone is 1. The summed E-state index contributed by atoms with van der Waals surface area (Å²) in [5.41, 5.74) is 4.81. The molecule has 0 aliphatic heterocycles. The minimum Gasteiger partial charge on any atom is -0.462 e. The van der Waals surface area contributed by atoms with E-state index >= 15 is 0 Å². The Hall–Kier alpha value is -3.14. The molecule has 10 nitrogen and oxygen atoms in total. The van der Waals surface area contributed by atoms with E-state index in [-0.39, 0.29) is 42.5 Å². The van der Waals surface area contributed by atoms with E-state index in [4.69, 9.17) is 15.2 Å². The lowest BCUT2D eigenvalue weighted by atomic mass is 10.2. The number of nitrogens with zero attached hydrogens (tertiary/aromatic N) is 2. The van der Waals surface area contributed by atoms with Gasteiger partial charge in [-0.3, -0.25) is 14.9 Å². The molecule has 0 atom stereocenters. The number of rotatable bonds is 8. The van der Waals surface area contributed by atoms with Gasteiger partial charge in [0, 0.05) is 18.3 Å². The highest BCUT2D eigenvalue weighted by Gasteiger charge is 2.23. The maximum atomic E-state index is 12.0. The number of amides is 1. The average molecular weight is 350 g/mol. The Morgan fingerprint density at radius 3 is 2.40 bits per heavy atom. The molecule has 1 aromatic heterocycles. The van der Waals surface area contributed by atoms with Crippen molar-refractivity contribution in [3.05, 3.63) is 29.1 Å². The topological polar surface area (TPSA) is 151 Å². The fourth-order valence-corrected chi connectivity index (χ4v) is 1.66. The molecule has 0 aliphatic rings. The van der Waals surface area contributed by atoms with Crippen LogP contribution in [-0.4, -0.2) is 53.9 Å². The molecule has 1 heterocycles. The normalized spacial score (nSPS) is 10.8. The standard InChI is InChI=1S/C15H18N4O6/c1-3-24-13(22)10-8-17-15(18-11(10)14(23)25-4-2)19-12(21)9(7-16)5-6-20/h5-6,8H,3-4,7,16H2,1-2H3,(H,17,18,19,21)/b9-5-. The third kappa shape index (κ3) is 5.46. The van der Waals surface area contributed by atoms with Crippen LogP contribution < -0.4 is 11.1 Å². The molecule has 0 unspecified atom stereocenters. The molecule has 0 saturated carbocycles. The van der Waals surface area contributed by atoms with Crippen molar-refractivity contribution in [1.82, 2.24) is 9.97 Å². The lowest BCUT2D eigenvalue weighted by Crippen LogP contribution is -2.23. The lowest BCUT2D eigenvalue weighted by molar-refractivity contribution is -0.113. The number of esters is 2. The number of carbonyl (C=O) groups excluding carboxylic acids is 4. The van der Waals surface area contributed by atoms with Gasteiger partial charge >= 0.3 is 11.9 Å². The Kier molecular flexibility index (Phi) is 7.87. The first-order valence-electron chi connectivity index (χ1n) is 7.35. The van der Waals surface area contributed by atoms with Crippen LogP contribution in [0.15, 0.2) is 17.8 Å². The van der Waals surface area contributed by atoms with Gasteiger partial charge in [0.25, 0.3) is 5.91 Å². The number of ether oxygens (including phenoxy) is 2. The molecule has 1 aromatic rings. The second-order valence-electron chi connectivity index (χ2n) is 4.38. The zero-order valence-electron chi connectivity index (χ0n) is 13.8. The van der Waals surface area contributed by atoms with E-state index in [1.165, 1.54) is 0 Å². The van der Waals surface area contributed by atoms with Gasteiger partial charge in [-0.1, -0.05) is 0 Å². The zero-order valence-corrected chi connectivity index (χ0v) is 13.8. The predicted molar refractivity (Wildman–Crippen MR) is 85.8 cm³/mol. The number of nitrogens with two attached hydrogens (primary N) is 1. The first-order chi connectivity index (χ1) is 12.0. The van der Waals surface area contributed by atoms with E-state index in [0.717, 1.165) is 12.3 Å². The third-order valence-electron chi connectivity index (χ3n) is 2.76. The van der Waals surface area contributed by atoms with Gasteiger partial charge in [0.1, 0.15) is 11.8 Å². The van der Waals surface area contributed by atoms with Crippen LogP contribution in [0.1, 0.15) is 34.7 Å². The van der Waals surface area contributed by atoms with Crippen LogP contribution in [0.4, 0.5) is 5.95 Å². The Labute approximate surface area is 143 Å². The smallest absolute Gasteiger partial charge is 0.358 e. The van der Waals surface area contributed by atoms with E-state index in [1.807, 2.05) is 0 Å². The molecule has 0 saturated heterocycles. The molecule has 0 spiro atoms. The summed E-state index contributed by atoms with van der Waals surface area (Å²) in [5.74, 6) is -2.64. The Balaban J connectivity index is 3.19. The zero-order chi connectivity index (χ0) is 18.8. The molecule has 3 N–H and O–H groups in total.